The fourth-order valence-electron chi connectivity index (χ4n) is 10.8. The highest BCUT2D eigenvalue weighted by Crippen LogP contribution is 2.18. The summed E-state index contributed by atoms with van der Waals surface area (Å²) < 4.78 is 5.50. The summed E-state index contributed by atoms with van der Waals surface area (Å²) in [5, 5.41) is 23.4. The number of rotatable bonds is 65. The second-order valence-electron chi connectivity index (χ2n) is 23.9. The summed E-state index contributed by atoms with van der Waals surface area (Å²) in [5.74, 6) is -0.0274. The third-order valence-corrected chi connectivity index (χ3v) is 16.2. The van der Waals surface area contributed by atoms with Gasteiger partial charge in [0.05, 0.1) is 25.4 Å². The summed E-state index contributed by atoms with van der Waals surface area (Å²) in [6.45, 7) is 4.95. The van der Waals surface area contributed by atoms with Crippen molar-refractivity contribution in [1.82, 2.24) is 5.32 Å². The van der Waals surface area contributed by atoms with Crippen LogP contribution >= 0.6 is 0 Å². The maximum absolute atomic E-state index is 12.5. The Morgan fingerprint density at radius 3 is 1.03 bits per heavy atom. The van der Waals surface area contributed by atoms with E-state index in [1.165, 1.54) is 295 Å². The van der Waals surface area contributed by atoms with Gasteiger partial charge in [0.2, 0.25) is 5.91 Å². The average molecular weight is 1080 g/mol. The molecule has 2 atom stereocenters. The molecule has 0 radical (unpaired) electrons. The van der Waals surface area contributed by atoms with Crippen LogP contribution < -0.4 is 5.32 Å². The molecule has 0 aromatic carbocycles. The number of esters is 1. The quantitative estimate of drug-likeness (QED) is 0.0320. The van der Waals surface area contributed by atoms with Gasteiger partial charge in [-0.05, 0) is 83.5 Å². The summed E-state index contributed by atoms with van der Waals surface area (Å²) in [4.78, 5) is 24.6. The Bertz CT molecular complexity index is 1250. The number of hydrogen-bond donors (Lipinski definition) is 3. The molecule has 6 heteroatoms. The summed E-state index contributed by atoms with van der Waals surface area (Å²) in [6.07, 6.45) is 84.6. The minimum absolute atomic E-state index is 0.00928. The van der Waals surface area contributed by atoms with Crippen LogP contribution in [0, 0.1) is 0 Å². The van der Waals surface area contributed by atoms with Crippen LogP contribution in [-0.2, 0) is 14.3 Å². The van der Waals surface area contributed by atoms with Gasteiger partial charge in [-0.1, -0.05) is 320 Å². The maximum Gasteiger partial charge on any atom is 0.305 e. The van der Waals surface area contributed by atoms with Gasteiger partial charge < -0.3 is 20.3 Å². The molecule has 0 aliphatic carbocycles. The first-order chi connectivity index (χ1) is 38.0. The highest BCUT2D eigenvalue weighted by atomic mass is 16.5. The van der Waals surface area contributed by atoms with Crippen molar-refractivity contribution in [2.45, 2.75) is 392 Å². The minimum Gasteiger partial charge on any atom is -0.466 e. The maximum atomic E-state index is 12.5. The molecule has 454 valence electrons. The van der Waals surface area contributed by atoms with E-state index in [2.05, 4.69) is 55.6 Å². The number of unbranched alkanes of at least 4 members (excludes halogenated alkanes) is 48. The van der Waals surface area contributed by atoms with E-state index in [0.29, 0.717) is 25.9 Å². The highest BCUT2D eigenvalue weighted by Gasteiger charge is 2.20. The van der Waals surface area contributed by atoms with Gasteiger partial charge in [-0.3, -0.25) is 9.59 Å². The van der Waals surface area contributed by atoms with E-state index in [1.54, 1.807) is 0 Å². The van der Waals surface area contributed by atoms with E-state index >= 15 is 0 Å². The van der Waals surface area contributed by atoms with Crippen LogP contribution in [0.2, 0.25) is 0 Å². The van der Waals surface area contributed by atoms with Gasteiger partial charge >= 0.3 is 5.97 Å². The van der Waals surface area contributed by atoms with Gasteiger partial charge in [0.15, 0.2) is 0 Å². The van der Waals surface area contributed by atoms with Crippen molar-refractivity contribution >= 4 is 11.9 Å². The normalized spacial score (nSPS) is 12.7. The Labute approximate surface area is 481 Å². The number of allylic oxidation sites excluding steroid dienone is 6. The van der Waals surface area contributed by atoms with Crippen molar-refractivity contribution in [1.29, 1.82) is 0 Å². The number of carbonyl (C=O) groups excluding carboxylic acids is 2. The zero-order valence-corrected chi connectivity index (χ0v) is 52.0. The van der Waals surface area contributed by atoms with Crippen LogP contribution in [0.15, 0.2) is 36.5 Å². The Morgan fingerprint density at radius 2 is 0.649 bits per heavy atom. The van der Waals surface area contributed by atoms with E-state index in [0.717, 1.165) is 51.4 Å². The van der Waals surface area contributed by atoms with Crippen LogP contribution in [0.5, 0.6) is 0 Å². The van der Waals surface area contributed by atoms with Gasteiger partial charge in [0, 0.05) is 12.8 Å². The molecule has 0 fully saturated rings. The first kappa shape index (κ1) is 75.1. The first-order valence-corrected chi connectivity index (χ1v) is 34.7. The predicted molar refractivity (Wildman–Crippen MR) is 338 cm³/mol. The van der Waals surface area contributed by atoms with E-state index in [-0.39, 0.29) is 18.5 Å². The van der Waals surface area contributed by atoms with Gasteiger partial charge in [-0.2, -0.15) is 0 Å². The number of carbonyl (C=O) groups is 2. The molecule has 0 aliphatic rings. The molecular formula is C71H135NO5. The average Bonchev–Trinajstić information content (AvgIpc) is 3.43. The topological polar surface area (TPSA) is 95.9 Å². The smallest absolute Gasteiger partial charge is 0.305 e. The van der Waals surface area contributed by atoms with E-state index in [9.17, 15) is 19.8 Å². The lowest BCUT2D eigenvalue weighted by molar-refractivity contribution is -0.143. The number of aliphatic hydroxyl groups excluding tert-OH is 2. The Hall–Kier alpha value is -1.92. The number of amides is 1. The molecule has 0 saturated heterocycles. The molecule has 0 aromatic heterocycles. The highest BCUT2D eigenvalue weighted by molar-refractivity contribution is 5.76. The number of nitrogens with one attached hydrogen (secondary N) is 1. The van der Waals surface area contributed by atoms with Gasteiger partial charge in [0.25, 0.3) is 0 Å². The summed E-state index contributed by atoms with van der Waals surface area (Å²) in [5.41, 5.74) is 0. The zero-order chi connectivity index (χ0) is 55.7. The predicted octanol–water partition coefficient (Wildman–Crippen LogP) is 22.3. The summed E-state index contributed by atoms with van der Waals surface area (Å²) in [6, 6.07) is -0.545. The largest absolute Gasteiger partial charge is 0.466 e. The minimum atomic E-state index is -0.668. The van der Waals surface area contributed by atoms with E-state index in [4.69, 9.17) is 4.74 Å². The molecule has 0 aliphatic heterocycles. The molecule has 0 aromatic rings. The van der Waals surface area contributed by atoms with Crippen LogP contribution in [0.3, 0.4) is 0 Å². The molecule has 2 unspecified atom stereocenters. The van der Waals surface area contributed by atoms with Crippen molar-refractivity contribution in [2.75, 3.05) is 13.2 Å². The monoisotopic (exact) mass is 1080 g/mol. The van der Waals surface area contributed by atoms with Crippen LogP contribution in [0.1, 0.15) is 380 Å². The standard InChI is InChI=1S/C71H135NO5/c1-3-5-7-9-11-13-15-17-19-21-28-33-37-41-45-49-53-57-61-65-71(76)77-66-62-58-54-50-46-42-38-34-30-27-25-23-22-24-26-29-32-36-40-44-48-52-56-60-64-70(75)72-68(67-73)69(74)63-59-55-51-47-43-39-35-31-20-18-16-14-12-10-8-6-4-2/h11,13,17,19,24,26,68-69,73-74H,3-10,12,14-16,18,20-23,25,27-67H2,1-2H3,(H,72,75)/b13-11-,19-17-,26-24-. The summed E-state index contributed by atoms with van der Waals surface area (Å²) >= 11 is 0. The summed E-state index contributed by atoms with van der Waals surface area (Å²) in [7, 11) is 0. The molecule has 0 spiro atoms. The number of ether oxygens (including phenoxy) is 1. The molecule has 77 heavy (non-hydrogen) atoms. The van der Waals surface area contributed by atoms with Crippen molar-refractivity contribution in [3.05, 3.63) is 36.5 Å². The Morgan fingerprint density at radius 1 is 0.364 bits per heavy atom. The van der Waals surface area contributed by atoms with Gasteiger partial charge in [-0.15, -0.1) is 0 Å². The van der Waals surface area contributed by atoms with E-state index < -0.39 is 12.1 Å². The van der Waals surface area contributed by atoms with Crippen molar-refractivity contribution in [2.24, 2.45) is 0 Å². The molecule has 0 bridgehead atoms. The van der Waals surface area contributed by atoms with Crippen molar-refractivity contribution in [3.8, 4) is 0 Å². The lowest BCUT2D eigenvalue weighted by atomic mass is 10.0. The third kappa shape index (κ3) is 63.1. The SMILES string of the molecule is CCCCC/C=C\C/C=C\CCCCCCCCCCCC(=O)OCCCCCCCCCCCCCC/C=C\CCCCCCCCCCC(=O)NC(CO)C(O)CCCCCCCCCCCCCCCCCCC. The van der Waals surface area contributed by atoms with Crippen LogP contribution in [0.25, 0.3) is 0 Å². The lowest BCUT2D eigenvalue weighted by Crippen LogP contribution is -2.45. The van der Waals surface area contributed by atoms with E-state index in [1.807, 2.05) is 0 Å². The van der Waals surface area contributed by atoms with Crippen molar-refractivity contribution < 1.29 is 24.5 Å². The van der Waals surface area contributed by atoms with Gasteiger partial charge in [0.1, 0.15) is 0 Å². The van der Waals surface area contributed by atoms with Crippen LogP contribution in [0.4, 0.5) is 0 Å². The molecule has 1 amide bonds. The molecule has 0 rings (SSSR count). The fourth-order valence-corrected chi connectivity index (χ4v) is 10.8. The molecular weight excluding hydrogens is 947 g/mol. The second-order valence-corrected chi connectivity index (χ2v) is 23.9. The van der Waals surface area contributed by atoms with Crippen molar-refractivity contribution in [3.63, 3.8) is 0 Å². The first-order valence-electron chi connectivity index (χ1n) is 34.7. The van der Waals surface area contributed by atoms with Gasteiger partial charge in [-0.25, -0.2) is 0 Å². The Kier molecular flexibility index (Phi) is 64.9. The molecule has 3 N–H and O–H groups in total. The molecule has 6 nitrogen and oxygen atoms in total. The molecule has 0 saturated carbocycles. The lowest BCUT2D eigenvalue weighted by Gasteiger charge is -2.22. The molecule has 0 heterocycles. The Balaban J connectivity index is 3.39. The van der Waals surface area contributed by atoms with Crippen LogP contribution in [-0.4, -0.2) is 47.4 Å². The third-order valence-electron chi connectivity index (χ3n) is 16.2. The second kappa shape index (κ2) is 66.6. The fraction of sp³-hybridized carbons (Fsp3) is 0.887. The zero-order valence-electron chi connectivity index (χ0n) is 52.0. The number of hydrogen-bond acceptors (Lipinski definition) is 5. The number of aliphatic hydroxyl groups is 2.